The molecule has 2 aromatic rings. The fourth-order valence-electron chi connectivity index (χ4n) is 3.22. The minimum Gasteiger partial charge on any atom is -0.492 e. The van der Waals surface area contributed by atoms with Crippen LogP contribution in [0.1, 0.15) is 12.5 Å². The van der Waals surface area contributed by atoms with E-state index in [4.69, 9.17) is 4.74 Å². The number of halogens is 2. The van der Waals surface area contributed by atoms with Crippen molar-refractivity contribution in [2.75, 3.05) is 42.4 Å². The van der Waals surface area contributed by atoms with Gasteiger partial charge in [0.25, 0.3) is 10.0 Å². The minimum absolute atomic E-state index is 0.00369. The predicted octanol–water partition coefficient (Wildman–Crippen LogP) is 3.21. The zero-order valence-electron chi connectivity index (χ0n) is 16.8. The summed E-state index contributed by atoms with van der Waals surface area (Å²) in [6, 6.07) is 8.91. The third kappa shape index (κ3) is 5.31. The first-order chi connectivity index (χ1) is 14.3. The average Bonchev–Trinajstić information content (AvgIpc) is 2.70. The molecule has 1 aliphatic heterocycles. The molecule has 0 amide bonds. The van der Waals surface area contributed by atoms with Crippen molar-refractivity contribution >= 4 is 21.4 Å². The van der Waals surface area contributed by atoms with Crippen molar-refractivity contribution in [3.8, 4) is 11.5 Å². The van der Waals surface area contributed by atoms with Crippen molar-refractivity contribution in [3.05, 3.63) is 42.0 Å². The van der Waals surface area contributed by atoms with Gasteiger partial charge in [-0.1, -0.05) is 6.07 Å². The van der Waals surface area contributed by atoms with E-state index in [2.05, 4.69) is 19.7 Å². The van der Waals surface area contributed by atoms with Gasteiger partial charge in [0.05, 0.1) is 22.9 Å². The van der Waals surface area contributed by atoms with Crippen molar-refractivity contribution in [2.45, 2.75) is 25.4 Å². The Labute approximate surface area is 175 Å². The number of aryl methyl sites for hydroxylation is 1. The smallest absolute Gasteiger partial charge is 0.387 e. The minimum atomic E-state index is -4.05. The molecule has 2 N–H and O–H groups in total. The lowest BCUT2D eigenvalue weighted by atomic mass is 10.2. The summed E-state index contributed by atoms with van der Waals surface area (Å²) in [5, 5.41) is 3.25. The molecule has 7 nitrogen and oxygen atoms in total. The van der Waals surface area contributed by atoms with Crippen LogP contribution in [0.25, 0.3) is 0 Å². The van der Waals surface area contributed by atoms with Gasteiger partial charge < -0.3 is 19.7 Å². The Morgan fingerprint density at radius 2 is 1.83 bits per heavy atom. The van der Waals surface area contributed by atoms with Crippen molar-refractivity contribution in [2.24, 2.45) is 0 Å². The Bertz CT molecular complexity index is 980. The molecular weight excluding hydrogens is 416 g/mol. The monoisotopic (exact) mass is 441 g/mol. The van der Waals surface area contributed by atoms with E-state index >= 15 is 0 Å². The van der Waals surface area contributed by atoms with Gasteiger partial charge in [0.2, 0.25) is 0 Å². The maximum Gasteiger partial charge on any atom is 0.387 e. The molecule has 0 unspecified atom stereocenters. The molecular formula is C20H25F2N3O4S. The van der Waals surface area contributed by atoms with Gasteiger partial charge in [-0.3, -0.25) is 4.72 Å². The number of anilines is 2. The lowest BCUT2D eigenvalue weighted by Gasteiger charge is -2.31. The molecule has 30 heavy (non-hydrogen) atoms. The van der Waals surface area contributed by atoms with Gasteiger partial charge in [0.1, 0.15) is 11.5 Å². The Kier molecular flexibility index (Phi) is 6.99. The summed E-state index contributed by atoms with van der Waals surface area (Å²) in [6.07, 6.45) is 0. The van der Waals surface area contributed by atoms with E-state index in [0.717, 1.165) is 13.1 Å². The molecule has 10 heteroatoms. The highest BCUT2D eigenvalue weighted by atomic mass is 32.2. The number of piperazine rings is 1. The van der Waals surface area contributed by atoms with Crippen LogP contribution in [0.3, 0.4) is 0 Å². The Hall–Kier alpha value is -2.59. The van der Waals surface area contributed by atoms with Crippen LogP contribution in [0.4, 0.5) is 20.2 Å². The lowest BCUT2D eigenvalue weighted by molar-refractivity contribution is -0.0493. The van der Waals surface area contributed by atoms with Crippen LogP contribution in [0.5, 0.6) is 11.5 Å². The van der Waals surface area contributed by atoms with Crippen LogP contribution in [0.15, 0.2) is 41.3 Å². The summed E-state index contributed by atoms with van der Waals surface area (Å²) >= 11 is 0. The van der Waals surface area contributed by atoms with E-state index in [0.29, 0.717) is 36.7 Å². The molecule has 3 rings (SSSR count). The van der Waals surface area contributed by atoms with E-state index in [1.807, 2.05) is 6.92 Å². The van der Waals surface area contributed by atoms with Crippen molar-refractivity contribution in [1.29, 1.82) is 0 Å². The molecule has 0 radical (unpaired) electrons. The second-order valence-electron chi connectivity index (χ2n) is 6.78. The molecule has 1 heterocycles. The summed E-state index contributed by atoms with van der Waals surface area (Å²) in [5.41, 5.74) is 1.32. The van der Waals surface area contributed by atoms with Crippen molar-refractivity contribution in [3.63, 3.8) is 0 Å². The van der Waals surface area contributed by atoms with Gasteiger partial charge in [0.15, 0.2) is 0 Å². The summed E-state index contributed by atoms with van der Waals surface area (Å²) in [4.78, 5) is 2.06. The molecule has 0 aliphatic carbocycles. The maximum absolute atomic E-state index is 13.0. The molecule has 0 saturated carbocycles. The molecule has 0 atom stereocenters. The zero-order chi connectivity index (χ0) is 21.7. The van der Waals surface area contributed by atoms with E-state index in [1.54, 1.807) is 25.1 Å². The summed E-state index contributed by atoms with van der Waals surface area (Å²) in [5.74, 6) is 0.350. The highest BCUT2D eigenvalue weighted by Gasteiger charge is 2.22. The first-order valence-electron chi connectivity index (χ1n) is 9.61. The quantitative estimate of drug-likeness (QED) is 0.655. The number of rotatable bonds is 8. The van der Waals surface area contributed by atoms with Crippen LogP contribution >= 0.6 is 0 Å². The maximum atomic E-state index is 13.0. The van der Waals surface area contributed by atoms with Gasteiger partial charge >= 0.3 is 6.61 Å². The number of nitrogens with zero attached hydrogens (tertiary/aromatic N) is 1. The second kappa shape index (κ2) is 9.48. The molecule has 0 spiro atoms. The van der Waals surface area contributed by atoms with Gasteiger partial charge in [0, 0.05) is 26.2 Å². The number of alkyl halides is 2. The number of benzene rings is 2. The Balaban J connectivity index is 1.95. The van der Waals surface area contributed by atoms with E-state index in [1.165, 1.54) is 18.2 Å². The molecule has 1 aliphatic rings. The van der Waals surface area contributed by atoms with Gasteiger partial charge in [-0.25, -0.2) is 8.42 Å². The molecule has 1 saturated heterocycles. The van der Waals surface area contributed by atoms with Crippen molar-refractivity contribution in [1.82, 2.24) is 5.32 Å². The Morgan fingerprint density at radius 1 is 1.13 bits per heavy atom. The van der Waals surface area contributed by atoms with Crippen LogP contribution < -0.4 is 24.4 Å². The number of nitrogens with one attached hydrogen (secondary N) is 2. The largest absolute Gasteiger partial charge is 0.492 e. The summed E-state index contributed by atoms with van der Waals surface area (Å²) < 4.78 is 64.0. The van der Waals surface area contributed by atoms with E-state index in [-0.39, 0.29) is 16.3 Å². The fraction of sp³-hybridized carbons (Fsp3) is 0.400. The number of ether oxygens (including phenoxy) is 2. The second-order valence-corrected chi connectivity index (χ2v) is 8.47. The van der Waals surface area contributed by atoms with Crippen LogP contribution in [-0.2, 0) is 10.0 Å². The highest BCUT2D eigenvalue weighted by Crippen LogP contribution is 2.34. The van der Waals surface area contributed by atoms with Crippen LogP contribution in [0.2, 0.25) is 0 Å². The molecule has 0 aromatic heterocycles. The standard InChI is InChI=1S/C20H25F2N3O4S/c1-3-28-19-7-5-15(13-17(19)25-10-8-23-9-11-25)30(26,27)24-16-12-14(2)4-6-18(16)29-20(21)22/h4-7,12-13,20,23-24H,3,8-11H2,1-2H3. The van der Waals surface area contributed by atoms with Crippen LogP contribution in [-0.4, -0.2) is 47.8 Å². The SMILES string of the molecule is CCOc1ccc(S(=O)(=O)Nc2cc(C)ccc2OC(F)F)cc1N1CCNCC1. The van der Waals surface area contributed by atoms with E-state index < -0.39 is 16.6 Å². The molecule has 164 valence electrons. The number of hydrogen-bond donors (Lipinski definition) is 2. The number of sulfonamides is 1. The van der Waals surface area contributed by atoms with E-state index in [9.17, 15) is 17.2 Å². The van der Waals surface area contributed by atoms with Gasteiger partial charge in [-0.05, 0) is 49.7 Å². The number of hydrogen-bond acceptors (Lipinski definition) is 6. The van der Waals surface area contributed by atoms with Gasteiger partial charge in [-0.2, -0.15) is 8.78 Å². The highest BCUT2D eigenvalue weighted by molar-refractivity contribution is 7.92. The van der Waals surface area contributed by atoms with Crippen molar-refractivity contribution < 1.29 is 26.7 Å². The topological polar surface area (TPSA) is 79.9 Å². The average molecular weight is 442 g/mol. The lowest BCUT2D eigenvalue weighted by Crippen LogP contribution is -2.43. The third-order valence-electron chi connectivity index (χ3n) is 4.59. The molecule has 1 fully saturated rings. The first-order valence-corrected chi connectivity index (χ1v) is 11.1. The Morgan fingerprint density at radius 3 is 2.50 bits per heavy atom. The molecule has 0 bridgehead atoms. The first kappa shape index (κ1) is 22.1. The third-order valence-corrected chi connectivity index (χ3v) is 5.96. The predicted molar refractivity (Wildman–Crippen MR) is 111 cm³/mol. The summed E-state index contributed by atoms with van der Waals surface area (Å²) in [7, 11) is -4.05. The summed E-state index contributed by atoms with van der Waals surface area (Å²) in [6.45, 7) is 3.93. The van der Waals surface area contributed by atoms with Gasteiger partial charge in [-0.15, -0.1) is 0 Å². The molecule has 2 aromatic carbocycles. The zero-order valence-corrected chi connectivity index (χ0v) is 17.6. The van der Waals surface area contributed by atoms with Crippen LogP contribution in [0, 0.1) is 6.92 Å². The normalized spacial score (nSPS) is 14.6. The fourth-order valence-corrected chi connectivity index (χ4v) is 4.30.